The van der Waals surface area contributed by atoms with Crippen LogP contribution in [-0.4, -0.2) is 37.7 Å². The van der Waals surface area contributed by atoms with E-state index in [-0.39, 0.29) is 0 Å². The van der Waals surface area contributed by atoms with Gasteiger partial charge < -0.3 is 10.1 Å². The zero-order valence-electron chi connectivity index (χ0n) is 12.2. The van der Waals surface area contributed by atoms with Crippen molar-refractivity contribution in [2.24, 2.45) is 5.92 Å². The average Bonchev–Trinajstić information content (AvgIpc) is 2.60. The third-order valence-electron chi connectivity index (χ3n) is 3.52. The van der Waals surface area contributed by atoms with Crippen LogP contribution in [0.25, 0.3) is 0 Å². The second kappa shape index (κ2) is 7.51. The minimum Gasteiger partial charge on any atom is -0.492 e. The highest BCUT2D eigenvalue weighted by Gasteiger charge is 2.16. The maximum atomic E-state index is 5.80. The number of rotatable bonds is 6. The molecule has 0 bridgehead atoms. The summed E-state index contributed by atoms with van der Waals surface area (Å²) in [6.07, 6.45) is 1.21. The molecule has 19 heavy (non-hydrogen) atoms. The third kappa shape index (κ3) is 4.51. The molecule has 0 saturated carbocycles. The van der Waals surface area contributed by atoms with E-state index in [0.717, 1.165) is 45.1 Å². The molecule has 0 fully saturated rings. The maximum absolute atomic E-state index is 5.80. The molecule has 1 aliphatic heterocycles. The Hall–Kier alpha value is -1.06. The van der Waals surface area contributed by atoms with Crippen molar-refractivity contribution in [2.75, 3.05) is 32.8 Å². The van der Waals surface area contributed by atoms with Crippen LogP contribution in [-0.2, 0) is 6.54 Å². The summed E-state index contributed by atoms with van der Waals surface area (Å²) in [6.45, 7) is 10.7. The Balaban J connectivity index is 1.84. The van der Waals surface area contributed by atoms with Crippen LogP contribution in [0.2, 0.25) is 0 Å². The van der Waals surface area contributed by atoms with E-state index in [1.54, 1.807) is 0 Å². The van der Waals surface area contributed by atoms with E-state index >= 15 is 0 Å². The van der Waals surface area contributed by atoms with E-state index in [1.165, 1.54) is 12.0 Å². The molecule has 1 heterocycles. The lowest BCUT2D eigenvalue weighted by molar-refractivity contribution is 0.201. The molecule has 106 valence electrons. The molecular formula is C16H26N2O. The third-order valence-corrected chi connectivity index (χ3v) is 3.52. The topological polar surface area (TPSA) is 24.5 Å². The van der Waals surface area contributed by atoms with Gasteiger partial charge in [-0.1, -0.05) is 32.0 Å². The molecule has 0 aromatic heterocycles. The van der Waals surface area contributed by atoms with Crippen molar-refractivity contribution in [3.05, 3.63) is 29.8 Å². The number of nitrogens with one attached hydrogen (secondary N) is 1. The molecular weight excluding hydrogens is 236 g/mol. The summed E-state index contributed by atoms with van der Waals surface area (Å²) in [6, 6.07) is 8.39. The van der Waals surface area contributed by atoms with Crippen molar-refractivity contribution in [3.63, 3.8) is 0 Å². The highest BCUT2D eigenvalue weighted by Crippen LogP contribution is 2.22. The fourth-order valence-corrected chi connectivity index (χ4v) is 2.57. The summed E-state index contributed by atoms with van der Waals surface area (Å²) in [5.74, 6) is 1.73. The van der Waals surface area contributed by atoms with Crippen molar-refractivity contribution in [1.82, 2.24) is 10.2 Å². The zero-order valence-corrected chi connectivity index (χ0v) is 12.2. The fraction of sp³-hybridized carbons (Fsp3) is 0.625. The van der Waals surface area contributed by atoms with Crippen molar-refractivity contribution in [2.45, 2.75) is 26.8 Å². The minimum atomic E-state index is 0.678. The monoisotopic (exact) mass is 262 g/mol. The molecule has 1 unspecified atom stereocenters. The molecule has 2 rings (SSSR count). The highest BCUT2D eigenvalue weighted by atomic mass is 16.5. The molecule has 0 aliphatic carbocycles. The predicted molar refractivity (Wildman–Crippen MR) is 79.5 cm³/mol. The first-order valence-corrected chi connectivity index (χ1v) is 7.43. The number of hydrogen-bond acceptors (Lipinski definition) is 3. The number of hydrogen-bond donors (Lipinski definition) is 1. The standard InChI is InChI=1S/C16H26N2O/c1-3-8-17-11-14(2)12-18-9-10-19-16-7-5-4-6-15(16)13-18/h4-7,14,17H,3,8-13H2,1-2H3. The Bertz CT molecular complexity index is 381. The van der Waals surface area contributed by atoms with E-state index in [9.17, 15) is 0 Å². The molecule has 0 spiro atoms. The highest BCUT2D eigenvalue weighted by molar-refractivity contribution is 5.33. The van der Waals surface area contributed by atoms with Gasteiger partial charge in [-0.3, -0.25) is 4.90 Å². The largest absolute Gasteiger partial charge is 0.492 e. The van der Waals surface area contributed by atoms with Crippen LogP contribution in [0.15, 0.2) is 24.3 Å². The SMILES string of the molecule is CCCNCC(C)CN1CCOc2ccccc2C1. The van der Waals surface area contributed by atoms with E-state index < -0.39 is 0 Å². The normalized spacial score (nSPS) is 17.4. The summed E-state index contributed by atoms with van der Waals surface area (Å²) >= 11 is 0. The lowest BCUT2D eigenvalue weighted by Gasteiger charge is -2.23. The van der Waals surface area contributed by atoms with Crippen LogP contribution in [0.1, 0.15) is 25.8 Å². The lowest BCUT2D eigenvalue weighted by atomic mass is 10.1. The Kier molecular flexibility index (Phi) is 5.67. The van der Waals surface area contributed by atoms with Gasteiger partial charge in [-0.05, 0) is 31.5 Å². The van der Waals surface area contributed by atoms with E-state index in [2.05, 4.69) is 42.3 Å². The van der Waals surface area contributed by atoms with Gasteiger partial charge in [-0.25, -0.2) is 0 Å². The average molecular weight is 262 g/mol. The number of nitrogens with zero attached hydrogens (tertiary/aromatic N) is 1. The van der Waals surface area contributed by atoms with Crippen LogP contribution in [0.4, 0.5) is 0 Å². The first kappa shape index (κ1) is 14.4. The van der Waals surface area contributed by atoms with Gasteiger partial charge in [0.05, 0.1) is 0 Å². The van der Waals surface area contributed by atoms with Crippen LogP contribution in [0, 0.1) is 5.92 Å². The summed E-state index contributed by atoms with van der Waals surface area (Å²) in [5.41, 5.74) is 1.31. The van der Waals surface area contributed by atoms with E-state index in [4.69, 9.17) is 4.74 Å². The van der Waals surface area contributed by atoms with Crippen molar-refractivity contribution >= 4 is 0 Å². The second-order valence-electron chi connectivity index (χ2n) is 5.50. The summed E-state index contributed by atoms with van der Waals surface area (Å²) in [5, 5.41) is 3.50. The van der Waals surface area contributed by atoms with Crippen LogP contribution >= 0.6 is 0 Å². The molecule has 1 aromatic rings. The molecule has 3 heteroatoms. The van der Waals surface area contributed by atoms with Crippen molar-refractivity contribution in [3.8, 4) is 5.75 Å². The maximum Gasteiger partial charge on any atom is 0.123 e. The fourth-order valence-electron chi connectivity index (χ4n) is 2.57. The number of fused-ring (bicyclic) bond motifs is 1. The Morgan fingerprint density at radius 3 is 3.05 bits per heavy atom. The van der Waals surface area contributed by atoms with Crippen LogP contribution in [0.3, 0.4) is 0 Å². The Morgan fingerprint density at radius 1 is 1.37 bits per heavy atom. The van der Waals surface area contributed by atoms with Gasteiger partial charge in [0.1, 0.15) is 12.4 Å². The Labute approximate surface area is 116 Å². The zero-order chi connectivity index (χ0) is 13.5. The molecule has 1 atom stereocenters. The lowest BCUT2D eigenvalue weighted by Crippen LogP contribution is -2.34. The van der Waals surface area contributed by atoms with Gasteiger partial charge in [-0.15, -0.1) is 0 Å². The predicted octanol–water partition coefficient (Wildman–Crippen LogP) is 2.52. The van der Waals surface area contributed by atoms with Gasteiger partial charge in [0.15, 0.2) is 0 Å². The first-order chi connectivity index (χ1) is 9.29. The summed E-state index contributed by atoms with van der Waals surface area (Å²) in [7, 11) is 0. The van der Waals surface area contributed by atoms with Gasteiger partial charge >= 0.3 is 0 Å². The molecule has 1 aromatic carbocycles. The van der Waals surface area contributed by atoms with Crippen molar-refractivity contribution < 1.29 is 4.74 Å². The first-order valence-electron chi connectivity index (χ1n) is 7.43. The van der Waals surface area contributed by atoms with E-state index in [1.807, 2.05) is 6.07 Å². The molecule has 0 saturated heterocycles. The van der Waals surface area contributed by atoms with Gasteiger partial charge in [0.2, 0.25) is 0 Å². The molecule has 0 radical (unpaired) electrons. The summed E-state index contributed by atoms with van der Waals surface area (Å²) < 4.78 is 5.80. The van der Waals surface area contributed by atoms with Gasteiger partial charge in [0.25, 0.3) is 0 Å². The van der Waals surface area contributed by atoms with E-state index in [0.29, 0.717) is 5.92 Å². The van der Waals surface area contributed by atoms with Crippen LogP contribution < -0.4 is 10.1 Å². The van der Waals surface area contributed by atoms with Crippen LogP contribution in [0.5, 0.6) is 5.75 Å². The van der Waals surface area contributed by atoms with Crippen molar-refractivity contribution in [1.29, 1.82) is 0 Å². The molecule has 3 nitrogen and oxygen atoms in total. The minimum absolute atomic E-state index is 0.678. The van der Waals surface area contributed by atoms with Gasteiger partial charge in [-0.2, -0.15) is 0 Å². The summed E-state index contributed by atoms with van der Waals surface area (Å²) in [4.78, 5) is 2.50. The smallest absolute Gasteiger partial charge is 0.123 e. The molecule has 1 aliphatic rings. The quantitative estimate of drug-likeness (QED) is 0.797. The number of ether oxygens (including phenoxy) is 1. The molecule has 1 N–H and O–H groups in total. The van der Waals surface area contributed by atoms with Gasteiger partial charge in [0, 0.05) is 25.2 Å². The second-order valence-corrected chi connectivity index (χ2v) is 5.50. The molecule has 0 amide bonds. The Morgan fingerprint density at radius 2 is 2.21 bits per heavy atom. The number of benzene rings is 1. The number of para-hydroxylation sites is 1.